The van der Waals surface area contributed by atoms with Gasteiger partial charge >= 0.3 is 6.09 Å². The molecule has 168 valence electrons. The van der Waals surface area contributed by atoms with Crippen LogP contribution in [0.5, 0.6) is 0 Å². The molecule has 0 saturated carbocycles. The normalized spacial score (nSPS) is 14.6. The Balaban J connectivity index is 1.35. The number of carboxylic acid groups (broad SMARTS) is 1. The van der Waals surface area contributed by atoms with Crippen molar-refractivity contribution in [1.29, 1.82) is 0 Å². The molecule has 1 amide bonds. The SMILES string of the molecule is CCCN(C(=O)O)c1cccc(CCN2CCN(c3cccc4nc(C)ccc34)CC2)c1. The molecule has 1 fully saturated rings. The Bertz CT molecular complexity index is 1080. The van der Waals surface area contributed by atoms with Gasteiger partial charge in [-0.1, -0.05) is 25.1 Å². The lowest BCUT2D eigenvalue weighted by molar-refractivity contribution is 0.202. The number of carbonyl (C=O) groups is 1. The predicted octanol–water partition coefficient (Wildman–Crippen LogP) is 4.80. The molecule has 6 nitrogen and oxygen atoms in total. The van der Waals surface area contributed by atoms with Crippen LogP contribution in [0, 0.1) is 6.92 Å². The van der Waals surface area contributed by atoms with Gasteiger partial charge in [-0.15, -0.1) is 0 Å². The lowest BCUT2D eigenvalue weighted by Crippen LogP contribution is -2.47. The molecule has 3 aromatic rings. The first-order valence-corrected chi connectivity index (χ1v) is 11.5. The van der Waals surface area contributed by atoms with Crippen LogP contribution in [0.1, 0.15) is 24.6 Å². The Kier molecular flexibility index (Phi) is 6.90. The van der Waals surface area contributed by atoms with E-state index in [4.69, 9.17) is 0 Å². The molecule has 6 heteroatoms. The fraction of sp³-hybridized carbons (Fsp3) is 0.385. The second-order valence-corrected chi connectivity index (χ2v) is 8.48. The molecule has 1 aliphatic rings. The number of piperazine rings is 1. The molecular formula is C26H32N4O2. The van der Waals surface area contributed by atoms with Gasteiger partial charge < -0.3 is 10.0 Å². The largest absolute Gasteiger partial charge is 0.465 e. The van der Waals surface area contributed by atoms with Gasteiger partial charge in [-0.25, -0.2) is 4.79 Å². The van der Waals surface area contributed by atoms with Gasteiger partial charge in [-0.05, 0) is 61.7 Å². The molecular weight excluding hydrogens is 400 g/mol. The first kappa shape index (κ1) is 22.1. The van der Waals surface area contributed by atoms with E-state index < -0.39 is 6.09 Å². The average molecular weight is 433 g/mol. The van der Waals surface area contributed by atoms with Crippen LogP contribution in [0.4, 0.5) is 16.2 Å². The molecule has 0 radical (unpaired) electrons. The van der Waals surface area contributed by atoms with Crippen molar-refractivity contribution in [2.24, 2.45) is 0 Å². The van der Waals surface area contributed by atoms with Crippen molar-refractivity contribution >= 4 is 28.4 Å². The predicted molar refractivity (Wildman–Crippen MR) is 131 cm³/mol. The summed E-state index contributed by atoms with van der Waals surface area (Å²) in [4.78, 5) is 22.6. The number of fused-ring (bicyclic) bond motifs is 1. The molecule has 32 heavy (non-hydrogen) atoms. The van der Waals surface area contributed by atoms with Crippen molar-refractivity contribution in [3.05, 3.63) is 65.9 Å². The number of aromatic nitrogens is 1. The van der Waals surface area contributed by atoms with Crippen LogP contribution >= 0.6 is 0 Å². The number of hydrogen-bond donors (Lipinski definition) is 1. The molecule has 4 rings (SSSR count). The number of pyridine rings is 1. The number of rotatable bonds is 7. The van der Waals surface area contributed by atoms with Crippen molar-refractivity contribution in [2.45, 2.75) is 26.7 Å². The minimum absolute atomic E-state index is 0.518. The fourth-order valence-electron chi connectivity index (χ4n) is 4.45. The van der Waals surface area contributed by atoms with Crippen LogP contribution in [0.3, 0.4) is 0 Å². The molecule has 0 aliphatic carbocycles. The Labute approximate surface area is 190 Å². The van der Waals surface area contributed by atoms with E-state index in [-0.39, 0.29) is 0 Å². The van der Waals surface area contributed by atoms with Gasteiger partial charge in [0.15, 0.2) is 0 Å². The highest BCUT2D eigenvalue weighted by atomic mass is 16.4. The standard InChI is InChI=1S/C26H32N4O2/c1-3-13-30(26(31)32)22-7-4-6-21(19-22)12-14-28-15-17-29(18-16-28)25-9-5-8-24-23(25)11-10-20(2)27-24/h4-11,19H,3,12-18H2,1-2H3,(H,31,32). The van der Waals surface area contributed by atoms with E-state index in [9.17, 15) is 9.90 Å². The van der Waals surface area contributed by atoms with Gasteiger partial charge in [0, 0.05) is 61.7 Å². The van der Waals surface area contributed by atoms with Gasteiger partial charge in [0.25, 0.3) is 0 Å². The van der Waals surface area contributed by atoms with Gasteiger partial charge in [0.2, 0.25) is 0 Å². The molecule has 1 saturated heterocycles. The molecule has 2 heterocycles. The van der Waals surface area contributed by atoms with Crippen LogP contribution in [0.2, 0.25) is 0 Å². The third-order valence-corrected chi connectivity index (χ3v) is 6.18. The van der Waals surface area contributed by atoms with Crippen molar-refractivity contribution in [3.63, 3.8) is 0 Å². The van der Waals surface area contributed by atoms with Crippen molar-refractivity contribution in [2.75, 3.05) is 49.1 Å². The summed E-state index contributed by atoms with van der Waals surface area (Å²) >= 11 is 0. The van der Waals surface area contributed by atoms with Gasteiger partial charge in [0.05, 0.1) is 5.52 Å². The number of amides is 1. The Hall–Kier alpha value is -3.12. The quantitative estimate of drug-likeness (QED) is 0.581. The highest BCUT2D eigenvalue weighted by molar-refractivity contribution is 5.92. The monoisotopic (exact) mass is 432 g/mol. The third kappa shape index (κ3) is 5.02. The molecule has 0 unspecified atom stereocenters. The Morgan fingerprint density at radius 1 is 1.06 bits per heavy atom. The summed E-state index contributed by atoms with van der Waals surface area (Å²) in [6, 6.07) is 18.6. The summed E-state index contributed by atoms with van der Waals surface area (Å²) < 4.78 is 0. The van der Waals surface area contributed by atoms with E-state index >= 15 is 0 Å². The van der Waals surface area contributed by atoms with Crippen LogP contribution in [0.25, 0.3) is 10.9 Å². The summed E-state index contributed by atoms with van der Waals surface area (Å²) in [6.07, 6.45) is 0.830. The third-order valence-electron chi connectivity index (χ3n) is 6.18. The minimum Gasteiger partial charge on any atom is -0.465 e. The number of anilines is 2. The van der Waals surface area contributed by atoms with Gasteiger partial charge in [-0.2, -0.15) is 0 Å². The highest BCUT2D eigenvalue weighted by Crippen LogP contribution is 2.27. The van der Waals surface area contributed by atoms with Crippen LogP contribution in [-0.2, 0) is 6.42 Å². The van der Waals surface area contributed by atoms with Gasteiger partial charge in [0.1, 0.15) is 0 Å². The van der Waals surface area contributed by atoms with Crippen LogP contribution in [-0.4, -0.2) is 60.4 Å². The Morgan fingerprint density at radius 2 is 1.84 bits per heavy atom. The van der Waals surface area contributed by atoms with E-state index in [0.29, 0.717) is 6.54 Å². The zero-order valence-electron chi connectivity index (χ0n) is 19.0. The molecule has 0 bridgehead atoms. The summed E-state index contributed by atoms with van der Waals surface area (Å²) in [6.45, 7) is 9.56. The molecule has 0 spiro atoms. The minimum atomic E-state index is -0.890. The van der Waals surface area contributed by atoms with Crippen molar-refractivity contribution in [1.82, 2.24) is 9.88 Å². The number of aryl methyl sites for hydroxylation is 1. The second kappa shape index (κ2) is 10.0. The van der Waals surface area contributed by atoms with E-state index in [0.717, 1.165) is 62.5 Å². The molecule has 0 atom stereocenters. The smallest absolute Gasteiger partial charge is 0.411 e. The number of benzene rings is 2. The summed E-state index contributed by atoms with van der Waals surface area (Å²) in [5.41, 5.74) is 5.32. The zero-order chi connectivity index (χ0) is 22.5. The lowest BCUT2D eigenvalue weighted by atomic mass is 10.1. The first-order chi connectivity index (χ1) is 15.5. The highest BCUT2D eigenvalue weighted by Gasteiger charge is 2.19. The van der Waals surface area contributed by atoms with Crippen LogP contribution in [0.15, 0.2) is 54.6 Å². The zero-order valence-corrected chi connectivity index (χ0v) is 19.0. The van der Waals surface area contributed by atoms with E-state index in [1.807, 2.05) is 32.0 Å². The molecule has 2 aromatic carbocycles. The van der Waals surface area contributed by atoms with Gasteiger partial charge in [-0.3, -0.25) is 14.8 Å². The fourth-order valence-corrected chi connectivity index (χ4v) is 4.45. The first-order valence-electron chi connectivity index (χ1n) is 11.5. The summed E-state index contributed by atoms with van der Waals surface area (Å²) in [5.74, 6) is 0. The molecule has 1 N–H and O–H groups in total. The topological polar surface area (TPSA) is 59.9 Å². The molecule has 1 aromatic heterocycles. The second-order valence-electron chi connectivity index (χ2n) is 8.48. The van der Waals surface area contributed by atoms with Crippen LogP contribution < -0.4 is 9.80 Å². The maximum absolute atomic E-state index is 11.6. The number of hydrogen-bond acceptors (Lipinski definition) is 4. The maximum Gasteiger partial charge on any atom is 0.411 e. The van der Waals surface area contributed by atoms with E-state index in [1.165, 1.54) is 21.5 Å². The average Bonchev–Trinajstić information content (AvgIpc) is 2.81. The van der Waals surface area contributed by atoms with E-state index in [2.05, 4.69) is 51.2 Å². The summed E-state index contributed by atoms with van der Waals surface area (Å²) in [7, 11) is 0. The molecule has 1 aliphatic heterocycles. The lowest BCUT2D eigenvalue weighted by Gasteiger charge is -2.36. The van der Waals surface area contributed by atoms with Crippen molar-refractivity contribution < 1.29 is 9.90 Å². The Morgan fingerprint density at radius 3 is 2.59 bits per heavy atom. The summed E-state index contributed by atoms with van der Waals surface area (Å²) in [5, 5.41) is 10.7. The number of nitrogens with zero attached hydrogens (tertiary/aromatic N) is 4. The van der Waals surface area contributed by atoms with Crippen molar-refractivity contribution in [3.8, 4) is 0 Å². The van der Waals surface area contributed by atoms with E-state index in [1.54, 1.807) is 0 Å². The maximum atomic E-state index is 11.6.